The first-order valence-corrected chi connectivity index (χ1v) is 7.09. The molecule has 98 valence electrons. The number of hydrogen-bond donors (Lipinski definition) is 1. The van der Waals surface area contributed by atoms with Crippen molar-refractivity contribution in [1.82, 2.24) is 9.88 Å². The van der Waals surface area contributed by atoms with Gasteiger partial charge in [-0.1, -0.05) is 17.8 Å². The summed E-state index contributed by atoms with van der Waals surface area (Å²) in [7, 11) is 0. The molecule has 1 saturated heterocycles. The topological polar surface area (TPSA) is 53.4 Å². The van der Waals surface area contributed by atoms with Crippen molar-refractivity contribution in [3.63, 3.8) is 0 Å². The number of aromatic nitrogens is 1. The van der Waals surface area contributed by atoms with E-state index in [0.717, 1.165) is 24.4 Å². The van der Waals surface area contributed by atoms with Crippen LogP contribution in [0.5, 0.6) is 0 Å². The lowest BCUT2D eigenvalue weighted by molar-refractivity contribution is -0.133. The zero-order valence-corrected chi connectivity index (χ0v) is 11.3. The fourth-order valence-corrected chi connectivity index (χ4v) is 2.95. The smallest absolute Gasteiger partial charge is 0.235 e. The normalized spacial score (nSPS) is 21.7. The highest BCUT2D eigenvalue weighted by Gasteiger charge is 2.26. The number of likely N-dealkylation sites (tertiary alicyclic amines) is 1. The summed E-state index contributed by atoms with van der Waals surface area (Å²) < 4.78 is 0. The van der Waals surface area contributed by atoms with Crippen LogP contribution in [0, 0.1) is 0 Å². The lowest BCUT2D eigenvalue weighted by Gasteiger charge is -2.31. The predicted molar refractivity (Wildman–Crippen MR) is 71.4 cm³/mol. The number of rotatable bonds is 3. The largest absolute Gasteiger partial charge is 0.391 e. The fraction of sp³-hybridized carbons (Fsp3) is 0.538. The second-order valence-corrected chi connectivity index (χ2v) is 5.87. The zero-order chi connectivity index (χ0) is 13.0. The molecule has 0 aliphatic carbocycles. The van der Waals surface area contributed by atoms with Gasteiger partial charge >= 0.3 is 0 Å². The molecule has 0 spiro atoms. The van der Waals surface area contributed by atoms with Crippen LogP contribution in [0.2, 0.25) is 0 Å². The Morgan fingerprint density at radius 2 is 2.44 bits per heavy atom. The maximum absolute atomic E-state index is 12.2. The molecule has 1 aromatic heterocycles. The third-order valence-electron chi connectivity index (χ3n) is 2.99. The number of piperidine rings is 1. The van der Waals surface area contributed by atoms with Crippen molar-refractivity contribution >= 4 is 17.7 Å². The number of hydrogen-bond acceptors (Lipinski definition) is 4. The van der Waals surface area contributed by atoms with Crippen LogP contribution in [0.15, 0.2) is 29.4 Å². The van der Waals surface area contributed by atoms with E-state index in [-0.39, 0.29) is 17.3 Å². The van der Waals surface area contributed by atoms with Crippen LogP contribution in [-0.4, -0.2) is 45.3 Å². The van der Waals surface area contributed by atoms with Crippen molar-refractivity contribution in [3.05, 3.63) is 24.4 Å². The summed E-state index contributed by atoms with van der Waals surface area (Å²) in [5, 5.41) is 10.3. The van der Waals surface area contributed by atoms with E-state index in [1.54, 1.807) is 11.1 Å². The second-order valence-electron chi connectivity index (χ2n) is 4.51. The van der Waals surface area contributed by atoms with Gasteiger partial charge in [-0.3, -0.25) is 4.79 Å². The van der Waals surface area contributed by atoms with E-state index < -0.39 is 0 Å². The molecule has 0 radical (unpaired) electrons. The molecule has 1 N–H and O–H groups in total. The first-order valence-electron chi connectivity index (χ1n) is 6.21. The summed E-state index contributed by atoms with van der Waals surface area (Å²) in [5.41, 5.74) is 0. The maximum Gasteiger partial charge on any atom is 0.235 e. The lowest BCUT2D eigenvalue weighted by atomic mass is 10.1. The van der Waals surface area contributed by atoms with E-state index in [4.69, 9.17) is 0 Å². The van der Waals surface area contributed by atoms with Crippen LogP contribution in [0.1, 0.15) is 19.8 Å². The van der Waals surface area contributed by atoms with E-state index in [2.05, 4.69) is 4.98 Å². The van der Waals surface area contributed by atoms with Gasteiger partial charge < -0.3 is 10.0 Å². The Kier molecular flexibility index (Phi) is 4.60. The molecule has 5 heteroatoms. The SMILES string of the molecule is CC(Sc1ccccn1)C(=O)N1CCCC(O)C1. The standard InChI is InChI=1S/C13H18N2O2S/c1-10(18-12-6-2-3-7-14-12)13(17)15-8-4-5-11(16)9-15/h2-3,6-7,10-11,16H,4-5,8-9H2,1H3. The molecule has 1 fully saturated rings. The van der Waals surface area contributed by atoms with Gasteiger partial charge in [0.2, 0.25) is 5.91 Å². The van der Waals surface area contributed by atoms with Gasteiger partial charge in [0, 0.05) is 19.3 Å². The average Bonchev–Trinajstić information content (AvgIpc) is 2.39. The van der Waals surface area contributed by atoms with E-state index in [1.165, 1.54) is 11.8 Å². The summed E-state index contributed by atoms with van der Waals surface area (Å²) in [4.78, 5) is 18.2. The Morgan fingerprint density at radius 3 is 3.11 bits per heavy atom. The van der Waals surface area contributed by atoms with Crippen LogP contribution in [0.25, 0.3) is 0 Å². The van der Waals surface area contributed by atoms with Gasteiger partial charge in [-0.15, -0.1) is 0 Å². The number of β-amino-alcohol motifs (C(OH)–C–C–N with tert-alkyl or cyclic N) is 1. The minimum Gasteiger partial charge on any atom is -0.391 e. The summed E-state index contributed by atoms with van der Waals surface area (Å²) in [6, 6.07) is 5.67. The number of nitrogens with zero attached hydrogens (tertiary/aromatic N) is 2. The number of amides is 1. The first-order chi connectivity index (χ1) is 8.66. The third kappa shape index (κ3) is 3.46. The van der Waals surface area contributed by atoms with Gasteiger partial charge in [-0.05, 0) is 31.9 Å². The summed E-state index contributed by atoms with van der Waals surface area (Å²) >= 11 is 1.46. The Labute approximate surface area is 111 Å². The van der Waals surface area contributed by atoms with Gasteiger partial charge in [0.05, 0.1) is 16.4 Å². The molecule has 2 unspecified atom stereocenters. The monoisotopic (exact) mass is 266 g/mol. The third-order valence-corrected chi connectivity index (χ3v) is 4.03. The Morgan fingerprint density at radius 1 is 1.61 bits per heavy atom. The van der Waals surface area contributed by atoms with Crippen LogP contribution < -0.4 is 0 Å². The number of carbonyl (C=O) groups is 1. The van der Waals surface area contributed by atoms with Gasteiger partial charge in [-0.2, -0.15) is 0 Å². The minimum atomic E-state index is -0.366. The van der Waals surface area contributed by atoms with E-state index in [1.807, 2.05) is 25.1 Å². The number of carbonyl (C=O) groups excluding carboxylic acids is 1. The molecule has 1 aliphatic heterocycles. The summed E-state index contributed by atoms with van der Waals surface area (Å²) in [6.45, 7) is 3.11. The lowest BCUT2D eigenvalue weighted by Crippen LogP contribution is -2.45. The summed E-state index contributed by atoms with van der Waals surface area (Å²) in [5.74, 6) is 0.0874. The zero-order valence-electron chi connectivity index (χ0n) is 10.5. The maximum atomic E-state index is 12.2. The molecular weight excluding hydrogens is 248 g/mol. The molecule has 0 saturated carbocycles. The molecule has 1 amide bonds. The van der Waals surface area contributed by atoms with Crippen molar-refractivity contribution in [2.45, 2.75) is 36.1 Å². The number of pyridine rings is 1. The molecule has 1 aromatic rings. The second kappa shape index (κ2) is 6.20. The Bertz CT molecular complexity index is 399. The van der Waals surface area contributed by atoms with Gasteiger partial charge in [0.15, 0.2) is 0 Å². The molecule has 4 nitrogen and oxygen atoms in total. The number of aliphatic hydroxyl groups excluding tert-OH is 1. The molecular formula is C13H18N2O2S. The summed E-state index contributed by atoms with van der Waals surface area (Å²) in [6.07, 6.45) is 3.04. The Balaban J connectivity index is 1.92. The molecule has 0 aromatic carbocycles. The van der Waals surface area contributed by atoms with E-state index in [9.17, 15) is 9.90 Å². The molecule has 2 heterocycles. The highest BCUT2D eigenvalue weighted by Crippen LogP contribution is 2.23. The van der Waals surface area contributed by atoms with Gasteiger partial charge in [0.25, 0.3) is 0 Å². The van der Waals surface area contributed by atoms with E-state index >= 15 is 0 Å². The van der Waals surface area contributed by atoms with Crippen LogP contribution in [-0.2, 0) is 4.79 Å². The van der Waals surface area contributed by atoms with Crippen molar-refractivity contribution in [3.8, 4) is 0 Å². The molecule has 0 bridgehead atoms. The molecule has 2 rings (SSSR count). The molecule has 18 heavy (non-hydrogen) atoms. The quantitative estimate of drug-likeness (QED) is 0.843. The number of thioether (sulfide) groups is 1. The highest BCUT2D eigenvalue weighted by atomic mass is 32.2. The minimum absolute atomic E-state index is 0.0874. The van der Waals surface area contributed by atoms with Crippen LogP contribution in [0.4, 0.5) is 0 Å². The highest BCUT2D eigenvalue weighted by molar-refractivity contribution is 8.00. The van der Waals surface area contributed by atoms with Crippen molar-refractivity contribution in [2.24, 2.45) is 0 Å². The number of aliphatic hydroxyl groups is 1. The van der Waals surface area contributed by atoms with E-state index in [0.29, 0.717) is 6.54 Å². The van der Waals surface area contributed by atoms with Gasteiger partial charge in [-0.25, -0.2) is 4.98 Å². The van der Waals surface area contributed by atoms with Gasteiger partial charge in [0.1, 0.15) is 0 Å². The predicted octanol–water partition coefficient (Wildman–Crippen LogP) is 1.55. The Hall–Kier alpha value is -1.07. The van der Waals surface area contributed by atoms with Crippen molar-refractivity contribution < 1.29 is 9.90 Å². The van der Waals surface area contributed by atoms with Crippen LogP contribution >= 0.6 is 11.8 Å². The van der Waals surface area contributed by atoms with Crippen molar-refractivity contribution in [1.29, 1.82) is 0 Å². The van der Waals surface area contributed by atoms with Crippen molar-refractivity contribution in [2.75, 3.05) is 13.1 Å². The van der Waals surface area contributed by atoms with Crippen LogP contribution in [0.3, 0.4) is 0 Å². The molecule has 2 atom stereocenters. The molecule has 1 aliphatic rings. The average molecular weight is 266 g/mol. The first kappa shape index (κ1) is 13.4. The fourth-order valence-electron chi connectivity index (χ4n) is 2.06.